The summed E-state index contributed by atoms with van der Waals surface area (Å²) >= 11 is 12.4. The summed E-state index contributed by atoms with van der Waals surface area (Å²) < 4.78 is 11.1. The summed E-state index contributed by atoms with van der Waals surface area (Å²) in [7, 11) is 0. The van der Waals surface area contributed by atoms with Crippen molar-refractivity contribution in [2.24, 2.45) is 5.92 Å². The molecule has 1 saturated carbocycles. The Morgan fingerprint density at radius 3 is 2.40 bits per heavy atom. The number of ether oxygens (including phenoxy) is 2. The highest BCUT2D eigenvalue weighted by Crippen LogP contribution is 2.30. The average Bonchev–Trinajstić information content (AvgIpc) is 2.84. The number of esters is 1. The molecule has 0 radical (unpaired) electrons. The Labute approximate surface area is 216 Å². The van der Waals surface area contributed by atoms with E-state index in [9.17, 15) is 14.4 Å². The van der Waals surface area contributed by atoms with Gasteiger partial charge in [0.15, 0.2) is 5.78 Å². The van der Waals surface area contributed by atoms with Gasteiger partial charge in [-0.3, -0.25) is 14.4 Å². The van der Waals surface area contributed by atoms with E-state index in [-0.39, 0.29) is 36.1 Å². The van der Waals surface area contributed by atoms with Crippen molar-refractivity contribution in [2.75, 3.05) is 13.2 Å². The Hall–Kier alpha value is -2.57. The molecule has 35 heavy (non-hydrogen) atoms. The van der Waals surface area contributed by atoms with Crippen LogP contribution in [-0.2, 0) is 9.53 Å². The lowest BCUT2D eigenvalue weighted by Gasteiger charge is -2.27. The molecular formula is C27H31Cl2NO5. The molecule has 1 aliphatic carbocycles. The Morgan fingerprint density at radius 1 is 1.00 bits per heavy atom. The largest absolute Gasteiger partial charge is 0.490 e. The third-order valence-electron chi connectivity index (χ3n) is 6.12. The molecule has 3 rings (SSSR count). The van der Waals surface area contributed by atoms with Gasteiger partial charge in [0, 0.05) is 29.1 Å². The number of carbonyl (C=O) groups is 3. The summed E-state index contributed by atoms with van der Waals surface area (Å²) in [6.45, 7) is 4.43. The highest BCUT2D eigenvalue weighted by Gasteiger charge is 2.28. The SMILES string of the molecule is CCOC(=O)C1CCC(Oc2ccc(C(=O)CCCNC(=O)c3ccc(Cl)c(C)c3)c(Cl)c2)CC1. The summed E-state index contributed by atoms with van der Waals surface area (Å²) in [4.78, 5) is 36.8. The predicted octanol–water partition coefficient (Wildman–Crippen LogP) is 6.20. The number of amides is 1. The Balaban J connectivity index is 1.43. The highest BCUT2D eigenvalue weighted by molar-refractivity contribution is 6.34. The summed E-state index contributed by atoms with van der Waals surface area (Å²) in [6.07, 6.45) is 3.77. The van der Waals surface area contributed by atoms with E-state index in [1.165, 1.54) is 0 Å². The minimum absolute atomic E-state index is 0.00586. The zero-order valence-corrected chi connectivity index (χ0v) is 21.6. The van der Waals surface area contributed by atoms with Crippen molar-refractivity contribution < 1.29 is 23.9 Å². The third-order valence-corrected chi connectivity index (χ3v) is 6.86. The molecule has 188 valence electrons. The van der Waals surface area contributed by atoms with Crippen molar-refractivity contribution in [3.8, 4) is 5.75 Å². The molecule has 1 N–H and O–H groups in total. The number of ketones is 1. The lowest BCUT2D eigenvalue weighted by atomic mass is 9.87. The second kappa shape index (κ2) is 12.9. The van der Waals surface area contributed by atoms with E-state index in [4.69, 9.17) is 32.7 Å². The fraction of sp³-hybridized carbons (Fsp3) is 0.444. The molecule has 2 aromatic rings. The van der Waals surface area contributed by atoms with Crippen LogP contribution in [0.15, 0.2) is 36.4 Å². The maximum absolute atomic E-state index is 12.6. The van der Waals surface area contributed by atoms with Crippen LogP contribution in [0.25, 0.3) is 0 Å². The minimum atomic E-state index is -0.201. The molecular weight excluding hydrogens is 489 g/mol. The van der Waals surface area contributed by atoms with E-state index >= 15 is 0 Å². The van der Waals surface area contributed by atoms with Crippen LogP contribution in [-0.4, -0.2) is 36.9 Å². The van der Waals surface area contributed by atoms with Crippen LogP contribution < -0.4 is 10.1 Å². The predicted molar refractivity (Wildman–Crippen MR) is 137 cm³/mol. The van der Waals surface area contributed by atoms with Crippen molar-refractivity contribution in [1.29, 1.82) is 0 Å². The zero-order valence-electron chi connectivity index (χ0n) is 20.1. The van der Waals surface area contributed by atoms with Crippen LogP contribution in [0, 0.1) is 12.8 Å². The van der Waals surface area contributed by atoms with Gasteiger partial charge in [-0.25, -0.2) is 0 Å². The summed E-state index contributed by atoms with van der Waals surface area (Å²) in [5.74, 6) is 0.132. The normalized spacial score (nSPS) is 17.5. The van der Waals surface area contributed by atoms with E-state index < -0.39 is 0 Å². The van der Waals surface area contributed by atoms with Crippen LogP contribution in [0.3, 0.4) is 0 Å². The van der Waals surface area contributed by atoms with E-state index in [0.29, 0.717) is 46.5 Å². The standard InChI is InChI=1S/C27H31Cl2NO5/c1-3-34-27(33)18-6-9-20(10-7-18)35-21-11-12-22(24(29)16-21)25(31)5-4-14-30-26(32)19-8-13-23(28)17(2)15-19/h8,11-13,15-16,18,20H,3-7,9-10,14H2,1-2H3,(H,30,32). The monoisotopic (exact) mass is 519 g/mol. The molecule has 1 fully saturated rings. The van der Waals surface area contributed by atoms with E-state index in [0.717, 1.165) is 31.2 Å². The Morgan fingerprint density at radius 2 is 1.74 bits per heavy atom. The fourth-order valence-corrected chi connectivity index (χ4v) is 4.53. The van der Waals surface area contributed by atoms with Crippen LogP contribution in [0.1, 0.15) is 71.7 Å². The first-order valence-electron chi connectivity index (χ1n) is 12.0. The molecule has 6 nitrogen and oxygen atoms in total. The Kier molecular flexibility index (Phi) is 9.99. The topological polar surface area (TPSA) is 81.7 Å². The first-order valence-corrected chi connectivity index (χ1v) is 12.7. The zero-order chi connectivity index (χ0) is 25.4. The molecule has 0 atom stereocenters. The summed E-state index contributed by atoms with van der Waals surface area (Å²) in [5, 5.41) is 3.78. The first kappa shape index (κ1) is 27.0. The van der Waals surface area contributed by atoms with Crippen LogP contribution in [0.2, 0.25) is 10.0 Å². The Bertz CT molecular complexity index is 1060. The third kappa shape index (κ3) is 7.71. The quantitative estimate of drug-likeness (QED) is 0.229. The average molecular weight is 520 g/mol. The van der Waals surface area contributed by atoms with Gasteiger partial charge in [-0.05, 0) is 87.9 Å². The first-order chi connectivity index (χ1) is 16.8. The fourth-order valence-electron chi connectivity index (χ4n) is 4.14. The molecule has 0 aliphatic heterocycles. The minimum Gasteiger partial charge on any atom is -0.490 e. The van der Waals surface area contributed by atoms with Crippen molar-refractivity contribution in [2.45, 2.75) is 58.5 Å². The smallest absolute Gasteiger partial charge is 0.308 e. The van der Waals surface area contributed by atoms with Crippen molar-refractivity contribution >= 4 is 40.9 Å². The van der Waals surface area contributed by atoms with Crippen molar-refractivity contribution in [3.63, 3.8) is 0 Å². The molecule has 2 aromatic carbocycles. The van der Waals surface area contributed by atoms with Crippen LogP contribution in [0.5, 0.6) is 5.75 Å². The maximum Gasteiger partial charge on any atom is 0.308 e. The molecule has 0 spiro atoms. The van der Waals surface area contributed by atoms with Crippen molar-refractivity contribution in [1.82, 2.24) is 5.32 Å². The van der Waals surface area contributed by atoms with Gasteiger partial charge < -0.3 is 14.8 Å². The van der Waals surface area contributed by atoms with Crippen LogP contribution in [0.4, 0.5) is 0 Å². The number of rotatable bonds is 10. The number of halogens is 2. The molecule has 0 aromatic heterocycles. The number of nitrogens with one attached hydrogen (secondary N) is 1. The van der Waals surface area contributed by atoms with Gasteiger partial charge in [0.05, 0.1) is 23.7 Å². The number of carbonyl (C=O) groups excluding carboxylic acids is 3. The molecule has 0 heterocycles. The highest BCUT2D eigenvalue weighted by atomic mass is 35.5. The number of aryl methyl sites for hydroxylation is 1. The molecule has 8 heteroatoms. The van der Waals surface area contributed by atoms with E-state index in [1.54, 1.807) is 36.4 Å². The molecule has 0 unspecified atom stereocenters. The second-order valence-electron chi connectivity index (χ2n) is 8.73. The maximum atomic E-state index is 12.6. The number of hydrogen-bond donors (Lipinski definition) is 1. The van der Waals surface area contributed by atoms with Gasteiger partial charge in [0.2, 0.25) is 0 Å². The van der Waals surface area contributed by atoms with Gasteiger partial charge in [-0.2, -0.15) is 0 Å². The van der Waals surface area contributed by atoms with Crippen molar-refractivity contribution in [3.05, 3.63) is 63.1 Å². The molecule has 0 bridgehead atoms. The lowest BCUT2D eigenvalue weighted by molar-refractivity contribution is -0.149. The van der Waals surface area contributed by atoms with Gasteiger partial charge in [-0.1, -0.05) is 23.2 Å². The molecule has 0 saturated heterocycles. The van der Waals surface area contributed by atoms with Crippen LogP contribution >= 0.6 is 23.2 Å². The van der Waals surface area contributed by atoms with Gasteiger partial charge in [0.25, 0.3) is 5.91 Å². The number of Topliss-reactive ketones (excluding diaryl/α,β-unsaturated/α-hetero) is 1. The number of benzene rings is 2. The summed E-state index contributed by atoms with van der Waals surface area (Å²) in [5.41, 5.74) is 1.80. The van der Waals surface area contributed by atoms with E-state index in [2.05, 4.69) is 5.32 Å². The molecule has 1 aliphatic rings. The van der Waals surface area contributed by atoms with Gasteiger partial charge in [0.1, 0.15) is 5.75 Å². The number of hydrogen-bond acceptors (Lipinski definition) is 5. The lowest BCUT2D eigenvalue weighted by Crippen LogP contribution is -2.29. The molecule has 1 amide bonds. The summed E-state index contributed by atoms with van der Waals surface area (Å²) in [6, 6.07) is 10.2. The van der Waals surface area contributed by atoms with Gasteiger partial charge >= 0.3 is 5.97 Å². The van der Waals surface area contributed by atoms with Gasteiger partial charge in [-0.15, -0.1) is 0 Å². The second-order valence-corrected chi connectivity index (χ2v) is 9.55. The van der Waals surface area contributed by atoms with E-state index in [1.807, 2.05) is 13.8 Å².